The van der Waals surface area contributed by atoms with E-state index in [4.69, 9.17) is 11.6 Å². The first-order valence-corrected chi connectivity index (χ1v) is 11.5. The van der Waals surface area contributed by atoms with Gasteiger partial charge in [0.1, 0.15) is 5.66 Å². The molecule has 0 fully saturated rings. The molecular formula is C19H15ClF2NO3PS. The fourth-order valence-electron chi connectivity index (χ4n) is 2.79. The van der Waals surface area contributed by atoms with Gasteiger partial charge in [-0.15, -0.1) is 11.3 Å². The van der Waals surface area contributed by atoms with Crippen LogP contribution in [0.5, 0.6) is 0 Å². The van der Waals surface area contributed by atoms with Crippen LogP contribution >= 0.6 is 30.3 Å². The van der Waals surface area contributed by atoms with E-state index in [0.29, 0.717) is 16.0 Å². The van der Waals surface area contributed by atoms with Gasteiger partial charge in [0.25, 0.3) is 0 Å². The third-order valence-electron chi connectivity index (χ3n) is 4.06. The van der Waals surface area contributed by atoms with Crippen LogP contribution in [0.1, 0.15) is 16.8 Å². The zero-order valence-corrected chi connectivity index (χ0v) is 17.0. The molecule has 0 bridgehead atoms. The van der Waals surface area contributed by atoms with E-state index in [-0.39, 0.29) is 5.56 Å². The zero-order valence-electron chi connectivity index (χ0n) is 14.5. The van der Waals surface area contributed by atoms with Gasteiger partial charge < -0.3 is 10.2 Å². The maximum atomic E-state index is 13.7. The first-order valence-electron chi connectivity index (χ1n) is 8.06. The summed E-state index contributed by atoms with van der Waals surface area (Å²) < 4.78 is 40.2. The fraction of sp³-hybridized carbons (Fsp3) is 0.105. The molecule has 2 unspecified atom stereocenters. The van der Waals surface area contributed by atoms with Crippen LogP contribution in [0.4, 0.5) is 8.78 Å². The predicted molar refractivity (Wildman–Crippen MR) is 109 cm³/mol. The molecule has 3 rings (SSSR count). The molecule has 4 nitrogen and oxygen atoms in total. The largest absolute Gasteiger partial charge is 0.344 e. The fourth-order valence-corrected chi connectivity index (χ4v) is 5.27. The molecule has 0 spiro atoms. The third kappa shape index (κ3) is 4.33. The van der Waals surface area contributed by atoms with Crippen molar-refractivity contribution in [3.8, 4) is 0 Å². The number of fused-ring (bicyclic) bond motifs is 1. The molecule has 3 aromatic rings. The first kappa shape index (κ1) is 20.7. The number of carbonyl (C=O) groups excluding carboxylic acids is 1. The Kier molecular flexibility index (Phi) is 6.01. The van der Waals surface area contributed by atoms with Gasteiger partial charge in [-0.3, -0.25) is 9.36 Å². The summed E-state index contributed by atoms with van der Waals surface area (Å²) in [7, 11) is -3.89. The van der Waals surface area contributed by atoms with Crippen LogP contribution in [0.15, 0.2) is 48.0 Å². The highest BCUT2D eigenvalue weighted by Gasteiger charge is 2.36. The lowest BCUT2D eigenvalue weighted by Gasteiger charge is -2.18. The Balaban J connectivity index is 1.91. The molecule has 0 radical (unpaired) electrons. The lowest BCUT2D eigenvalue weighted by Crippen LogP contribution is -2.25. The smallest absolute Gasteiger partial charge is 0.241 e. The lowest BCUT2D eigenvalue weighted by molar-refractivity contribution is -0.120. The van der Waals surface area contributed by atoms with Gasteiger partial charge in [0.05, 0.1) is 0 Å². The quantitative estimate of drug-likeness (QED) is 0.509. The summed E-state index contributed by atoms with van der Waals surface area (Å²) in [5, 5.41) is 5.09. The van der Waals surface area contributed by atoms with Crippen molar-refractivity contribution in [2.75, 3.05) is 6.66 Å². The number of halogens is 3. The molecule has 0 aliphatic carbocycles. The Morgan fingerprint density at radius 3 is 2.79 bits per heavy atom. The van der Waals surface area contributed by atoms with E-state index in [9.17, 15) is 23.0 Å². The van der Waals surface area contributed by atoms with Crippen molar-refractivity contribution in [2.45, 2.75) is 5.66 Å². The second-order valence-electron chi connectivity index (χ2n) is 6.16. The maximum absolute atomic E-state index is 13.7. The standard InChI is InChI=1S/C19H15ClF2NO3PS/c1-27(25,26)18(14-10-28-16-6-5-12(20)9-13(14)16)19(24)23-8-7-11-3-2-4-15(21)17(11)22/h2-10,18H,1H3,(H,23,24)(H,25,26)/b8-7+. The number of carbonyl (C=O) groups is 1. The maximum Gasteiger partial charge on any atom is 0.241 e. The summed E-state index contributed by atoms with van der Waals surface area (Å²) in [6.07, 6.45) is 2.29. The van der Waals surface area contributed by atoms with Crippen molar-refractivity contribution in [1.82, 2.24) is 5.32 Å². The van der Waals surface area contributed by atoms with E-state index < -0.39 is 30.6 Å². The summed E-state index contributed by atoms with van der Waals surface area (Å²) in [5.41, 5.74) is -1.01. The van der Waals surface area contributed by atoms with E-state index in [1.165, 1.54) is 29.5 Å². The minimum Gasteiger partial charge on any atom is -0.344 e. The number of amides is 1. The zero-order chi connectivity index (χ0) is 20.5. The van der Waals surface area contributed by atoms with Crippen LogP contribution < -0.4 is 5.32 Å². The van der Waals surface area contributed by atoms with Crippen LogP contribution in [0, 0.1) is 11.6 Å². The first-order chi connectivity index (χ1) is 13.2. The minimum atomic E-state index is -3.89. The van der Waals surface area contributed by atoms with Crippen LogP contribution in [0.25, 0.3) is 16.2 Å². The molecule has 0 saturated carbocycles. The molecular weight excluding hydrogens is 427 g/mol. The van der Waals surface area contributed by atoms with Crippen molar-refractivity contribution in [1.29, 1.82) is 0 Å². The van der Waals surface area contributed by atoms with Crippen molar-refractivity contribution < 1.29 is 23.0 Å². The van der Waals surface area contributed by atoms with Gasteiger partial charge in [0, 0.05) is 28.2 Å². The van der Waals surface area contributed by atoms with Crippen LogP contribution in [0.2, 0.25) is 5.02 Å². The molecule has 28 heavy (non-hydrogen) atoms. The Hall–Kier alpha value is -2.05. The Bertz CT molecular complexity index is 1130. The van der Waals surface area contributed by atoms with E-state index in [1.54, 1.807) is 23.6 Å². The molecule has 2 atom stereocenters. The summed E-state index contributed by atoms with van der Waals surface area (Å²) in [4.78, 5) is 22.8. The van der Waals surface area contributed by atoms with Crippen molar-refractivity contribution in [2.24, 2.45) is 0 Å². The highest BCUT2D eigenvalue weighted by atomic mass is 35.5. The van der Waals surface area contributed by atoms with E-state index in [2.05, 4.69) is 5.32 Å². The molecule has 1 aromatic heterocycles. The molecule has 2 aromatic carbocycles. The lowest BCUT2D eigenvalue weighted by atomic mass is 10.1. The SMILES string of the molecule is CP(=O)(O)C(C(=O)N/C=C/c1cccc(F)c1F)c1csc2ccc(Cl)cc12. The summed E-state index contributed by atoms with van der Waals surface area (Å²) in [6.45, 7) is 1.10. The van der Waals surface area contributed by atoms with E-state index >= 15 is 0 Å². The van der Waals surface area contributed by atoms with Gasteiger partial charge in [-0.25, -0.2) is 8.78 Å². The average molecular weight is 442 g/mol. The Morgan fingerprint density at radius 2 is 2.07 bits per heavy atom. The van der Waals surface area contributed by atoms with Gasteiger partial charge in [0.15, 0.2) is 11.6 Å². The van der Waals surface area contributed by atoms with Crippen LogP contribution in [-0.2, 0) is 9.36 Å². The van der Waals surface area contributed by atoms with Gasteiger partial charge in [-0.2, -0.15) is 0 Å². The van der Waals surface area contributed by atoms with Gasteiger partial charge in [-0.1, -0.05) is 23.7 Å². The normalized spacial score (nSPS) is 14.9. The molecule has 0 aliphatic rings. The number of benzene rings is 2. The van der Waals surface area contributed by atoms with Crippen LogP contribution in [-0.4, -0.2) is 17.5 Å². The molecule has 2 N–H and O–H groups in total. The van der Waals surface area contributed by atoms with E-state index in [1.807, 2.05) is 0 Å². The second-order valence-corrected chi connectivity index (χ2v) is 9.91. The molecule has 1 amide bonds. The van der Waals surface area contributed by atoms with Crippen molar-refractivity contribution in [3.63, 3.8) is 0 Å². The second kappa shape index (κ2) is 8.13. The van der Waals surface area contributed by atoms with E-state index in [0.717, 1.165) is 23.6 Å². The number of nitrogens with one attached hydrogen (secondary N) is 1. The topological polar surface area (TPSA) is 66.4 Å². The molecule has 0 saturated heterocycles. The molecule has 9 heteroatoms. The molecule has 0 aliphatic heterocycles. The number of hydrogen-bond acceptors (Lipinski definition) is 3. The summed E-state index contributed by atoms with van der Waals surface area (Å²) in [5.74, 6) is -2.80. The minimum absolute atomic E-state index is 0.0618. The highest BCUT2D eigenvalue weighted by Crippen LogP contribution is 2.54. The molecule has 146 valence electrons. The van der Waals surface area contributed by atoms with Crippen LogP contribution in [0.3, 0.4) is 0 Å². The number of thiophene rings is 1. The third-order valence-corrected chi connectivity index (χ3v) is 6.75. The Labute approximate surface area is 168 Å². The molecule has 1 heterocycles. The monoisotopic (exact) mass is 441 g/mol. The average Bonchev–Trinajstić information content (AvgIpc) is 3.00. The predicted octanol–water partition coefficient (Wildman–Crippen LogP) is 5.56. The Morgan fingerprint density at radius 1 is 1.32 bits per heavy atom. The number of hydrogen-bond donors (Lipinski definition) is 2. The van der Waals surface area contributed by atoms with Gasteiger partial charge >= 0.3 is 0 Å². The number of rotatable bonds is 5. The van der Waals surface area contributed by atoms with Crippen molar-refractivity contribution in [3.05, 3.63) is 75.8 Å². The van der Waals surface area contributed by atoms with Crippen molar-refractivity contribution >= 4 is 52.4 Å². The van der Waals surface area contributed by atoms with Gasteiger partial charge in [0.2, 0.25) is 13.3 Å². The highest BCUT2D eigenvalue weighted by molar-refractivity contribution is 7.58. The summed E-state index contributed by atoms with van der Waals surface area (Å²) in [6, 6.07) is 8.75. The van der Waals surface area contributed by atoms with Gasteiger partial charge in [-0.05, 0) is 46.7 Å². The summed E-state index contributed by atoms with van der Waals surface area (Å²) >= 11 is 7.35.